The number of alkyl halides is 1. The van der Waals surface area contributed by atoms with Crippen molar-refractivity contribution in [1.29, 1.82) is 0 Å². The van der Waals surface area contributed by atoms with Gasteiger partial charge in [0.15, 0.2) is 11.6 Å². The van der Waals surface area contributed by atoms with Crippen LogP contribution in [0.3, 0.4) is 0 Å². The Kier molecular flexibility index (Phi) is 7.65. The van der Waals surface area contributed by atoms with Gasteiger partial charge in [-0.15, -0.1) is 0 Å². The van der Waals surface area contributed by atoms with Crippen molar-refractivity contribution in [2.24, 2.45) is 0 Å². The van der Waals surface area contributed by atoms with E-state index >= 15 is 0 Å². The van der Waals surface area contributed by atoms with Crippen LogP contribution in [-0.4, -0.2) is 71.7 Å². The van der Waals surface area contributed by atoms with Crippen LogP contribution in [0, 0.1) is 5.82 Å². The molecule has 1 N–H and O–H groups in total. The van der Waals surface area contributed by atoms with Gasteiger partial charge in [-0.3, -0.25) is 14.8 Å². The number of anilines is 1. The fourth-order valence-electron chi connectivity index (χ4n) is 5.15. The third-order valence-corrected chi connectivity index (χ3v) is 8.99. The molecule has 4 aromatic rings. The quantitative estimate of drug-likeness (QED) is 0.357. The summed E-state index contributed by atoms with van der Waals surface area (Å²) in [5.41, 5.74) is 0.125. The molecular formula is C29H28F2N6O5S. The second-order valence-corrected chi connectivity index (χ2v) is 12.6. The van der Waals surface area contributed by atoms with Crippen LogP contribution in [0.4, 0.5) is 14.6 Å². The minimum atomic E-state index is -4.52. The van der Waals surface area contributed by atoms with Gasteiger partial charge in [0.05, 0.1) is 54.7 Å². The zero-order valence-electron chi connectivity index (χ0n) is 23.3. The molecule has 11 nitrogen and oxygen atoms in total. The minimum Gasteiger partial charge on any atom is -0.489 e. The molecule has 0 spiro atoms. The van der Waals surface area contributed by atoms with Gasteiger partial charge in [0.1, 0.15) is 21.9 Å². The fraction of sp³-hybridized carbons (Fsp3) is 0.345. The second kappa shape index (κ2) is 11.4. The van der Waals surface area contributed by atoms with Crippen molar-refractivity contribution in [2.45, 2.75) is 49.4 Å². The third-order valence-electron chi connectivity index (χ3n) is 7.16. The molecule has 43 heavy (non-hydrogen) atoms. The number of amides is 1. The number of aromatic nitrogens is 4. The first-order valence-corrected chi connectivity index (χ1v) is 15.2. The largest absolute Gasteiger partial charge is 0.489 e. The van der Waals surface area contributed by atoms with Crippen LogP contribution in [0.15, 0.2) is 53.7 Å². The first-order chi connectivity index (χ1) is 20.6. The number of halogens is 2. The zero-order chi connectivity index (χ0) is 30.3. The van der Waals surface area contributed by atoms with Gasteiger partial charge in [0.25, 0.3) is 5.91 Å². The van der Waals surface area contributed by atoms with Crippen molar-refractivity contribution in [3.05, 3.63) is 65.9 Å². The van der Waals surface area contributed by atoms with Gasteiger partial charge in [0.2, 0.25) is 15.3 Å². The highest BCUT2D eigenvalue weighted by Crippen LogP contribution is 2.35. The van der Waals surface area contributed by atoms with E-state index in [1.165, 1.54) is 6.20 Å². The Bertz CT molecular complexity index is 1810. The summed E-state index contributed by atoms with van der Waals surface area (Å²) in [5, 5.41) is 2.59. The number of nitrogens with zero attached hydrogens (tertiary/aromatic N) is 5. The molecule has 0 radical (unpaired) electrons. The summed E-state index contributed by atoms with van der Waals surface area (Å²) in [5.74, 6) is -1.61. The number of carbonyl (C=O) groups is 1. The first kappa shape index (κ1) is 28.8. The van der Waals surface area contributed by atoms with Crippen LogP contribution in [0.25, 0.3) is 22.4 Å². The molecule has 5 heterocycles. The average molecular weight is 611 g/mol. The molecule has 1 saturated heterocycles. The molecule has 1 amide bonds. The van der Waals surface area contributed by atoms with E-state index in [0.717, 1.165) is 31.0 Å². The zero-order valence-corrected chi connectivity index (χ0v) is 24.1. The highest BCUT2D eigenvalue weighted by Gasteiger charge is 2.35. The summed E-state index contributed by atoms with van der Waals surface area (Å²) >= 11 is 0. The molecule has 2 aliphatic rings. The molecule has 0 bridgehead atoms. The van der Waals surface area contributed by atoms with E-state index in [9.17, 15) is 22.0 Å². The summed E-state index contributed by atoms with van der Waals surface area (Å²) in [6.07, 6.45) is 2.86. The van der Waals surface area contributed by atoms with E-state index in [4.69, 9.17) is 19.4 Å². The van der Waals surface area contributed by atoms with Crippen molar-refractivity contribution < 1.29 is 31.5 Å². The first-order valence-electron chi connectivity index (χ1n) is 13.7. The van der Waals surface area contributed by atoms with Crippen LogP contribution < -0.4 is 15.0 Å². The van der Waals surface area contributed by atoms with Gasteiger partial charge in [-0.25, -0.2) is 27.2 Å². The lowest BCUT2D eigenvalue weighted by Crippen LogP contribution is -2.45. The summed E-state index contributed by atoms with van der Waals surface area (Å²) in [6, 6.07) is 9.15. The molecule has 3 aromatic heterocycles. The van der Waals surface area contributed by atoms with Crippen LogP contribution in [0.1, 0.15) is 36.3 Å². The van der Waals surface area contributed by atoms with E-state index in [-0.39, 0.29) is 30.9 Å². The summed E-state index contributed by atoms with van der Waals surface area (Å²) in [6.45, 7) is 5.13. The van der Waals surface area contributed by atoms with Crippen molar-refractivity contribution >= 4 is 32.6 Å². The molecular weight excluding hydrogens is 582 g/mol. The predicted octanol–water partition coefficient (Wildman–Crippen LogP) is 3.62. The number of benzene rings is 1. The molecule has 0 saturated carbocycles. The molecule has 1 unspecified atom stereocenters. The Labute approximate surface area is 246 Å². The van der Waals surface area contributed by atoms with Gasteiger partial charge in [0, 0.05) is 25.1 Å². The number of morpholine rings is 1. The number of fused-ring (bicyclic) bond motifs is 2. The maximum absolute atomic E-state index is 14.7. The summed E-state index contributed by atoms with van der Waals surface area (Å²) < 4.78 is 64.9. The molecule has 1 fully saturated rings. The lowest BCUT2D eigenvalue weighted by Gasteiger charge is -2.36. The highest BCUT2D eigenvalue weighted by molar-refractivity contribution is 7.92. The number of hydrogen-bond donors (Lipinski definition) is 1. The minimum absolute atomic E-state index is 0.0739. The van der Waals surface area contributed by atoms with Crippen molar-refractivity contribution in [1.82, 2.24) is 25.3 Å². The average Bonchev–Trinajstić information content (AvgIpc) is 3.10. The Morgan fingerprint density at radius 1 is 1.05 bits per heavy atom. The Hall–Kier alpha value is -4.30. The van der Waals surface area contributed by atoms with Gasteiger partial charge in [-0.05, 0) is 44.2 Å². The number of pyridine rings is 2. The maximum atomic E-state index is 14.7. The number of ether oxygens (including phenoxy) is 2. The predicted molar refractivity (Wildman–Crippen MR) is 153 cm³/mol. The molecule has 224 valence electrons. The smallest absolute Gasteiger partial charge is 0.251 e. The highest BCUT2D eigenvalue weighted by atomic mass is 32.2. The number of carbonyl (C=O) groups excluding carboxylic acids is 1. The number of rotatable bonds is 5. The van der Waals surface area contributed by atoms with E-state index < -0.39 is 44.1 Å². The monoisotopic (exact) mass is 610 g/mol. The SMILES string of the molecule is C[C@@H]1CN(c2cccc(-c3cnc4cnc(CNC(=O)c5cc(F)c6c(c5)S(=O)(=O)C(F)CCO6)cc4n3)n2)C[C@H](C)O1. The molecule has 6 rings (SSSR count). The summed E-state index contributed by atoms with van der Waals surface area (Å²) in [7, 11) is -4.52. The molecule has 2 aliphatic heterocycles. The number of sulfone groups is 1. The van der Waals surface area contributed by atoms with Gasteiger partial charge >= 0.3 is 0 Å². The van der Waals surface area contributed by atoms with Crippen LogP contribution in [-0.2, 0) is 21.1 Å². The molecule has 1 aromatic carbocycles. The standard InChI is InChI=1S/C29H28F2N6O5S/c1-16-14-37(15-17(2)42-16)27-5-3-4-21(36-27)24-13-33-23-12-32-19(10-22(23)35-24)11-34-29(38)18-8-20(30)28-25(9-18)43(39,40)26(31)6-7-41-28/h3-5,8-10,12-13,16-17,26H,6-7,11,14-15H2,1-2H3,(H,34,38)/t16-,17+,26?. The van der Waals surface area contributed by atoms with Crippen molar-refractivity contribution in [3.63, 3.8) is 0 Å². The van der Waals surface area contributed by atoms with Crippen molar-refractivity contribution in [2.75, 3.05) is 24.6 Å². The molecule has 14 heteroatoms. The Balaban J connectivity index is 1.21. The van der Waals surface area contributed by atoms with Crippen LogP contribution >= 0.6 is 0 Å². The third kappa shape index (κ3) is 5.84. The Morgan fingerprint density at radius 3 is 2.63 bits per heavy atom. The molecule has 3 atom stereocenters. The van der Waals surface area contributed by atoms with Crippen LogP contribution in [0.5, 0.6) is 5.75 Å². The topological polar surface area (TPSA) is 136 Å². The number of nitrogens with one attached hydrogen (secondary N) is 1. The van der Waals surface area contributed by atoms with E-state index in [0.29, 0.717) is 28.1 Å². The van der Waals surface area contributed by atoms with Crippen molar-refractivity contribution in [3.8, 4) is 17.1 Å². The van der Waals surface area contributed by atoms with E-state index in [2.05, 4.69) is 20.2 Å². The van der Waals surface area contributed by atoms with E-state index in [1.54, 1.807) is 12.3 Å². The lowest BCUT2D eigenvalue weighted by atomic mass is 10.2. The summed E-state index contributed by atoms with van der Waals surface area (Å²) in [4.78, 5) is 32.6. The number of hydrogen-bond acceptors (Lipinski definition) is 10. The van der Waals surface area contributed by atoms with E-state index in [1.807, 2.05) is 32.0 Å². The second-order valence-electron chi connectivity index (χ2n) is 10.5. The molecule has 0 aliphatic carbocycles. The van der Waals surface area contributed by atoms with Gasteiger partial charge in [-0.2, -0.15) is 0 Å². The lowest BCUT2D eigenvalue weighted by molar-refractivity contribution is -0.00545. The normalized spacial score (nSPS) is 21.5. The Morgan fingerprint density at radius 2 is 1.84 bits per heavy atom. The maximum Gasteiger partial charge on any atom is 0.251 e. The fourth-order valence-corrected chi connectivity index (χ4v) is 6.54. The van der Waals surface area contributed by atoms with Gasteiger partial charge < -0.3 is 19.7 Å². The van der Waals surface area contributed by atoms with Gasteiger partial charge in [-0.1, -0.05) is 6.07 Å². The van der Waals surface area contributed by atoms with Crippen LogP contribution in [0.2, 0.25) is 0 Å².